The molecule has 1 rings (SSSR count). The summed E-state index contributed by atoms with van der Waals surface area (Å²) in [4.78, 5) is 11.3. The number of rotatable bonds is 4. The average molecular weight is 182 g/mol. The van der Waals surface area contributed by atoms with E-state index in [9.17, 15) is 4.79 Å². The molecule has 0 aliphatic heterocycles. The van der Waals surface area contributed by atoms with Crippen molar-refractivity contribution in [1.29, 1.82) is 0 Å². The molecule has 0 aliphatic carbocycles. The molecule has 1 unspecified atom stereocenters. The van der Waals surface area contributed by atoms with Gasteiger partial charge in [-0.25, -0.2) is 0 Å². The molecule has 1 aromatic rings. The third-order valence-electron chi connectivity index (χ3n) is 1.82. The van der Waals surface area contributed by atoms with Crippen LogP contribution in [-0.4, -0.2) is 5.97 Å². The molecule has 3 heteroatoms. The Hall–Kier alpha value is -1.25. The highest BCUT2D eigenvalue weighted by molar-refractivity contribution is 5.74. The first-order valence-electron chi connectivity index (χ1n) is 4.49. The average Bonchev–Trinajstić information content (AvgIpc) is 2.57. The summed E-state index contributed by atoms with van der Waals surface area (Å²) in [6.45, 7) is 3.89. The van der Waals surface area contributed by atoms with Gasteiger partial charge in [0.25, 0.3) is 5.95 Å². The third-order valence-corrected chi connectivity index (χ3v) is 1.82. The van der Waals surface area contributed by atoms with Crippen LogP contribution in [0.15, 0.2) is 22.8 Å². The standard InChI is InChI=1S/C10H14O3/c1-3-5-8(2)10(11)13-9-6-4-7-12-9/h4,6-8H,3,5H2,1-2H3. The van der Waals surface area contributed by atoms with Crippen molar-refractivity contribution in [1.82, 2.24) is 0 Å². The van der Waals surface area contributed by atoms with Crippen molar-refractivity contribution in [3.8, 4) is 5.95 Å². The lowest BCUT2D eigenvalue weighted by molar-refractivity contribution is -0.139. The maximum atomic E-state index is 11.3. The van der Waals surface area contributed by atoms with Crippen LogP contribution >= 0.6 is 0 Å². The minimum Gasteiger partial charge on any atom is -0.434 e. The zero-order valence-corrected chi connectivity index (χ0v) is 7.95. The van der Waals surface area contributed by atoms with Crippen molar-refractivity contribution >= 4 is 5.97 Å². The molecule has 1 heterocycles. The van der Waals surface area contributed by atoms with Crippen molar-refractivity contribution in [2.45, 2.75) is 26.7 Å². The number of hydrogen-bond donors (Lipinski definition) is 0. The molecular formula is C10H14O3. The number of esters is 1. The van der Waals surface area contributed by atoms with Crippen LogP contribution in [0.3, 0.4) is 0 Å². The fourth-order valence-electron chi connectivity index (χ4n) is 1.07. The zero-order valence-electron chi connectivity index (χ0n) is 7.95. The van der Waals surface area contributed by atoms with Crippen molar-refractivity contribution in [3.63, 3.8) is 0 Å². The second-order valence-corrected chi connectivity index (χ2v) is 3.04. The molecule has 0 radical (unpaired) electrons. The monoisotopic (exact) mass is 182 g/mol. The molecule has 0 aliphatic rings. The lowest BCUT2D eigenvalue weighted by Crippen LogP contribution is -2.17. The molecule has 72 valence electrons. The number of hydrogen-bond acceptors (Lipinski definition) is 3. The van der Waals surface area contributed by atoms with Crippen molar-refractivity contribution < 1.29 is 13.9 Å². The van der Waals surface area contributed by atoms with Crippen molar-refractivity contribution in [2.75, 3.05) is 0 Å². The van der Waals surface area contributed by atoms with E-state index in [2.05, 4.69) is 0 Å². The van der Waals surface area contributed by atoms with Gasteiger partial charge in [-0.15, -0.1) is 0 Å². The Kier molecular flexibility index (Phi) is 3.55. The number of carbonyl (C=O) groups excluding carboxylic acids is 1. The second kappa shape index (κ2) is 4.70. The van der Waals surface area contributed by atoms with Crippen LogP contribution in [0.5, 0.6) is 5.95 Å². The Morgan fingerprint density at radius 2 is 2.46 bits per heavy atom. The topological polar surface area (TPSA) is 39.4 Å². The summed E-state index contributed by atoms with van der Waals surface area (Å²) in [5.74, 6) is -0.0140. The third kappa shape index (κ3) is 2.93. The molecule has 0 fully saturated rings. The van der Waals surface area contributed by atoms with Gasteiger partial charge in [-0.05, 0) is 12.5 Å². The smallest absolute Gasteiger partial charge is 0.316 e. The number of ether oxygens (including phenoxy) is 1. The first kappa shape index (κ1) is 9.84. The predicted octanol–water partition coefficient (Wildman–Crippen LogP) is 2.62. The first-order valence-corrected chi connectivity index (χ1v) is 4.49. The van der Waals surface area contributed by atoms with Crippen LogP contribution < -0.4 is 4.74 Å². The Morgan fingerprint density at radius 3 is 3.00 bits per heavy atom. The van der Waals surface area contributed by atoms with Gasteiger partial charge in [-0.1, -0.05) is 20.3 Å². The van der Waals surface area contributed by atoms with E-state index < -0.39 is 0 Å². The highest BCUT2D eigenvalue weighted by atomic mass is 16.6. The van der Waals surface area contributed by atoms with Gasteiger partial charge in [0.2, 0.25) is 0 Å². The van der Waals surface area contributed by atoms with Crippen molar-refractivity contribution in [3.05, 3.63) is 18.4 Å². The maximum Gasteiger partial charge on any atom is 0.316 e. The minimum atomic E-state index is -0.225. The van der Waals surface area contributed by atoms with Crippen LogP contribution in [-0.2, 0) is 4.79 Å². The summed E-state index contributed by atoms with van der Waals surface area (Å²) in [7, 11) is 0. The zero-order chi connectivity index (χ0) is 9.68. The molecule has 1 atom stereocenters. The summed E-state index contributed by atoms with van der Waals surface area (Å²) in [5, 5.41) is 0. The molecule has 0 N–H and O–H groups in total. The predicted molar refractivity (Wildman–Crippen MR) is 48.4 cm³/mol. The van der Waals surface area contributed by atoms with Gasteiger partial charge in [0.05, 0.1) is 12.2 Å². The second-order valence-electron chi connectivity index (χ2n) is 3.04. The summed E-state index contributed by atoms with van der Waals surface area (Å²) in [5.41, 5.74) is 0. The highest BCUT2D eigenvalue weighted by Crippen LogP contribution is 2.14. The molecule has 13 heavy (non-hydrogen) atoms. The summed E-state index contributed by atoms with van der Waals surface area (Å²) in [6.07, 6.45) is 3.31. The normalized spacial score (nSPS) is 12.5. The van der Waals surface area contributed by atoms with Crippen molar-refractivity contribution in [2.24, 2.45) is 5.92 Å². The van der Waals surface area contributed by atoms with E-state index in [0.29, 0.717) is 0 Å². The van der Waals surface area contributed by atoms with E-state index in [1.165, 1.54) is 6.26 Å². The highest BCUT2D eigenvalue weighted by Gasteiger charge is 2.14. The van der Waals surface area contributed by atoms with Crippen LogP contribution in [0.4, 0.5) is 0 Å². The van der Waals surface area contributed by atoms with Crippen LogP contribution in [0.25, 0.3) is 0 Å². The van der Waals surface area contributed by atoms with E-state index in [0.717, 1.165) is 12.8 Å². The molecule has 0 amide bonds. The summed E-state index contributed by atoms with van der Waals surface area (Å²) < 4.78 is 9.85. The summed E-state index contributed by atoms with van der Waals surface area (Å²) >= 11 is 0. The summed E-state index contributed by atoms with van der Waals surface area (Å²) in [6, 6.07) is 3.31. The minimum absolute atomic E-state index is 0.0601. The Balaban J connectivity index is 2.41. The van der Waals surface area contributed by atoms with Gasteiger partial charge in [-0.2, -0.15) is 0 Å². The van der Waals surface area contributed by atoms with Crippen LogP contribution in [0.2, 0.25) is 0 Å². The molecule has 0 saturated carbocycles. The molecule has 0 spiro atoms. The largest absolute Gasteiger partial charge is 0.434 e. The molecule has 0 aromatic carbocycles. The van der Waals surface area contributed by atoms with Gasteiger partial charge < -0.3 is 9.15 Å². The van der Waals surface area contributed by atoms with Gasteiger partial charge in [0, 0.05) is 6.07 Å². The quantitative estimate of drug-likeness (QED) is 0.672. The molecule has 0 bridgehead atoms. The fourth-order valence-corrected chi connectivity index (χ4v) is 1.07. The Bertz CT molecular complexity index is 251. The van der Waals surface area contributed by atoms with Crippen LogP contribution in [0, 0.1) is 5.92 Å². The Labute approximate surface area is 77.7 Å². The Morgan fingerprint density at radius 1 is 1.69 bits per heavy atom. The van der Waals surface area contributed by atoms with E-state index in [4.69, 9.17) is 9.15 Å². The van der Waals surface area contributed by atoms with Crippen LogP contribution in [0.1, 0.15) is 26.7 Å². The van der Waals surface area contributed by atoms with E-state index >= 15 is 0 Å². The van der Waals surface area contributed by atoms with Gasteiger partial charge in [-0.3, -0.25) is 4.79 Å². The molecule has 0 saturated heterocycles. The number of furan rings is 1. The van der Waals surface area contributed by atoms with Gasteiger partial charge in [0.15, 0.2) is 0 Å². The molecule has 3 nitrogen and oxygen atoms in total. The SMILES string of the molecule is CCCC(C)C(=O)Oc1ccco1. The first-order chi connectivity index (χ1) is 6.24. The maximum absolute atomic E-state index is 11.3. The van der Waals surface area contributed by atoms with Gasteiger partial charge >= 0.3 is 5.97 Å². The lowest BCUT2D eigenvalue weighted by Gasteiger charge is -2.06. The van der Waals surface area contributed by atoms with E-state index in [1.807, 2.05) is 13.8 Å². The molecule has 1 aromatic heterocycles. The number of carbonyl (C=O) groups is 1. The lowest BCUT2D eigenvalue weighted by atomic mass is 10.1. The molecular weight excluding hydrogens is 168 g/mol. The fraction of sp³-hybridized carbons (Fsp3) is 0.500. The van der Waals surface area contributed by atoms with E-state index in [1.54, 1.807) is 12.1 Å². The van der Waals surface area contributed by atoms with E-state index in [-0.39, 0.29) is 17.8 Å². The van der Waals surface area contributed by atoms with Gasteiger partial charge in [0.1, 0.15) is 0 Å².